The van der Waals surface area contributed by atoms with Gasteiger partial charge in [0.2, 0.25) is 10.3 Å². The van der Waals surface area contributed by atoms with Crippen molar-refractivity contribution in [1.29, 1.82) is 0 Å². The summed E-state index contributed by atoms with van der Waals surface area (Å²) in [6.07, 6.45) is 2.43. The first kappa shape index (κ1) is 16.2. The molecule has 0 bridgehead atoms. The molecule has 0 spiro atoms. The highest BCUT2D eigenvalue weighted by atomic mass is 79.9. The van der Waals surface area contributed by atoms with Gasteiger partial charge in [-0.1, -0.05) is 30.4 Å². The van der Waals surface area contributed by atoms with Crippen molar-refractivity contribution in [2.24, 2.45) is 5.92 Å². The first-order valence-corrected chi connectivity index (χ1v) is 9.14. The molecule has 0 unspecified atom stereocenters. The highest BCUT2D eigenvalue weighted by molar-refractivity contribution is 9.10. The van der Waals surface area contributed by atoms with Gasteiger partial charge in [-0.15, -0.1) is 10.2 Å². The van der Waals surface area contributed by atoms with Gasteiger partial charge in [0.1, 0.15) is 0 Å². The van der Waals surface area contributed by atoms with Crippen molar-refractivity contribution in [3.8, 4) is 0 Å². The fraction of sp³-hybridized carbons (Fsp3) is 0.400. The lowest BCUT2D eigenvalue weighted by Crippen LogP contribution is -2.34. The number of anilines is 3. The molecule has 3 rings (SSSR count). The highest BCUT2D eigenvalue weighted by Crippen LogP contribution is 2.28. The molecule has 122 valence electrons. The molecule has 23 heavy (non-hydrogen) atoms. The fourth-order valence-electron chi connectivity index (χ4n) is 2.57. The van der Waals surface area contributed by atoms with Gasteiger partial charge in [-0.3, -0.25) is 5.32 Å². The Morgan fingerprint density at radius 2 is 2.17 bits per heavy atom. The van der Waals surface area contributed by atoms with Crippen LogP contribution in [0.25, 0.3) is 0 Å². The minimum absolute atomic E-state index is 0.327. The average molecular weight is 396 g/mol. The van der Waals surface area contributed by atoms with E-state index in [9.17, 15) is 4.79 Å². The molecule has 0 aliphatic carbocycles. The van der Waals surface area contributed by atoms with E-state index in [4.69, 9.17) is 0 Å². The quantitative estimate of drug-likeness (QED) is 0.817. The Balaban J connectivity index is 1.60. The smallest absolute Gasteiger partial charge is 0.325 e. The number of carbonyl (C=O) groups is 1. The average Bonchev–Trinajstić information content (AvgIpc) is 2.98. The van der Waals surface area contributed by atoms with Gasteiger partial charge in [0.25, 0.3) is 0 Å². The molecule has 1 aliphatic heterocycles. The van der Waals surface area contributed by atoms with Crippen molar-refractivity contribution in [2.75, 3.05) is 28.6 Å². The van der Waals surface area contributed by atoms with E-state index in [1.54, 1.807) is 0 Å². The summed E-state index contributed by atoms with van der Waals surface area (Å²) in [5.41, 5.74) is 0.708. The maximum absolute atomic E-state index is 12.1. The lowest BCUT2D eigenvalue weighted by Gasteiger charge is -2.29. The van der Waals surface area contributed by atoms with E-state index in [2.05, 4.69) is 48.6 Å². The van der Waals surface area contributed by atoms with Crippen LogP contribution in [-0.4, -0.2) is 29.3 Å². The molecule has 8 heteroatoms. The fourth-order valence-corrected chi connectivity index (χ4v) is 3.73. The maximum atomic E-state index is 12.1. The summed E-state index contributed by atoms with van der Waals surface area (Å²) in [7, 11) is 0. The molecule has 2 amide bonds. The van der Waals surface area contributed by atoms with Crippen molar-refractivity contribution < 1.29 is 4.79 Å². The molecule has 1 atom stereocenters. The molecule has 1 saturated heterocycles. The SMILES string of the molecule is C[C@@H]1CCCN(c2nnc(NC(=O)Nc3ccccc3Br)s2)C1. The lowest BCUT2D eigenvalue weighted by atomic mass is 10.0. The number of nitrogens with zero attached hydrogens (tertiary/aromatic N) is 3. The molecule has 2 aromatic rings. The van der Waals surface area contributed by atoms with Crippen LogP contribution in [0.1, 0.15) is 19.8 Å². The van der Waals surface area contributed by atoms with E-state index in [1.165, 1.54) is 24.2 Å². The Morgan fingerprint density at radius 3 is 2.96 bits per heavy atom. The van der Waals surface area contributed by atoms with Gasteiger partial charge >= 0.3 is 6.03 Å². The third-order valence-electron chi connectivity index (χ3n) is 3.68. The van der Waals surface area contributed by atoms with Gasteiger partial charge in [0, 0.05) is 17.6 Å². The number of amides is 2. The number of carbonyl (C=O) groups excluding carboxylic acids is 1. The molecular weight excluding hydrogens is 378 g/mol. The Morgan fingerprint density at radius 1 is 1.35 bits per heavy atom. The van der Waals surface area contributed by atoms with Crippen LogP contribution < -0.4 is 15.5 Å². The van der Waals surface area contributed by atoms with E-state index < -0.39 is 0 Å². The second-order valence-electron chi connectivity index (χ2n) is 5.64. The summed E-state index contributed by atoms with van der Waals surface area (Å²) in [6.45, 7) is 4.25. The largest absolute Gasteiger partial charge is 0.346 e. The second-order valence-corrected chi connectivity index (χ2v) is 7.45. The Hall–Kier alpha value is -1.67. The van der Waals surface area contributed by atoms with Crippen molar-refractivity contribution in [1.82, 2.24) is 10.2 Å². The molecule has 6 nitrogen and oxygen atoms in total. The number of benzene rings is 1. The number of aromatic nitrogens is 2. The number of urea groups is 1. The van der Waals surface area contributed by atoms with Gasteiger partial charge in [-0.2, -0.15) is 0 Å². The number of piperidine rings is 1. The van der Waals surface area contributed by atoms with E-state index >= 15 is 0 Å². The zero-order valence-corrected chi connectivity index (χ0v) is 15.2. The van der Waals surface area contributed by atoms with Gasteiger partial charge < -0.3 is 10.2 Å². The van der Waals surface area contributed by atoms with Gasteiger partial charge in [-0.25, -0.2) is 4.79 Å². The topological polar surface area (TPSA) is 70.2 Å². The van der Waals surface area contributed by atoms with Crippen LogP contribution >= 0.6 is 27.3 Å². The molecule has 2 N–H and O–H groups in total. The van der Waals surface area contributed by atoms with Crippen molar-refractivity contribution >= 4 is 49.2 Å². The molecular formula is C15H18BrN5OS. The summed E-state index contributed by atoms with van der Waals surface area (Å²) in [5.74, 6) is 0.669. The molecule has 2 heterocycles. The second kappa shape index (κ2) is 7.27. The van der Waals surface area contributed by atoms with Crippen LogP contribution in [0.4, 0.5) is 20.7 Å². The Bertz CT molecular complexity index is 692. The zero-order chi connectivity index (χ0) is 16.2. The standard InChI is InChI=1S/C15H18BrN5OS/c1-10-5-4-8-21(9-10)15-20-19-14(23-15)18-13(22)17-12-7-3-2-6-11(12)16/h2-3,6-7,10H,4-5,8-9H2,1H3,(H2,17,18,19,22)/t10-/m1/s1. The highest BCUT2D eigenvalue weighted by Gasteiger charge is 2.20. The predicted octanol–water partition coefficient (Wildman–Crippen LogP) is 4.18. The third-order valence-corrected chi connectivity index (χ3v) is 5.28. The predicted molar refractivity (Wildman–Crippen MR) is 97.3 cm³/mol. The minimum Gasteiger partial charge on any atom is -0.346 e. The number of nitrogens with one attached hydrogen (secondary N) is 2. The summed E-state index contributed by atoms with van der Waals surface area (Å²) >= 11 is 4.80. The summed E-state index contributed by atoms with van der Waals surface area (Å²) < 4.78 is 0.829. The molecule has 1 aromatic carbocycles. The number of halogens is 1. The lowest BCUT2D eigenvalue weighted by molar-refractivity contribution is 0.262. The Labute approximate surface area is 147 Å². The monoisotopic (exact) mass is 395 g/mol. The molecule has 0 radical (unpaired) electrons. The normalized spacial score (nSPS) is 17.8. The number of rotatable bonds is 3. The van der Waals surface area contributed by atoms with Crippen LogP contribution in [0.2, 0.25) is 0 Å². The molecule has 0 saturated carbocycles. The van der Waals surface area contributed by atoms with Crippen LogP contribution in [0.3, 0.4) is 0 Å². The maximum Gasteiger partial charge on any atom is 0.325 e. The van der Waals surface area contributed by atoms with Gasteiger partial charge in [0.15, 0.2) is 0 Å². The van der Waals surface area contributed by atoms with E-state index in [-0.39, 0.29) is 6.03 Å². The van der Waals surface area contributed by atoms with Gasteiger partial charge in [0.05, 0.1) is 5.69 Å². The van der Waals surface area contributed by atoms with E-state index in [0.29, 0.717) is 16.7 Å². The van der Waals surface area contributed by atoms with Crippen LogP contribution in [0.5, 0.6) is 0 Å². The van der Waals surface area contributed by atoms with E-state index in [1.807, 2.05) is 24.3 Å². The van der Waals surface area contributed by atoms with Gasteiger partial charge in [-0.05, 0) is 46.8 Å². The number of hydrogen-bond donors (Lipinski definition) is 2. The minimum atomic E-state index is -0.327. The first-order chi connectivity index (χ1) is 11.1. The molecule has 1 aliphatic rings. The summed E-state index contributed by atoms with van der Waals surface area (Å²) in [5, 5.41) is 15.1. The van der Waals surface area contributed by atoms with E-state index in [0.717, 1.165) is 22.7 Å². The number of hydrogen-bond acceptors (Lipinski definition) is 5. The van der Waals surface area contributed by atoms with Crippen LogP contribution in [0.15, 0.2) is 28.7 Å². The van der Waals surface area contributed by atoms with Crippen LogP contribution in [-0.2, 0) is 0 Å². The summed E-state index contributed by atoms with van der Waals surface area (Å²) in [4.78, 5) is 14.3. The molecule has 1 aromatic heterocycles. The number of para-hydroxylation sites is 1. The third kappa shape index (κ3) is 4.20. The molecule has 1 fully saturated rings. The van der Waals surface area contributed by atoms with Crippen molar-refractivity contribution in [2.45, 2.75) is 19.8 Å². The van der Waals surface area contributed by atoms with Crippen molar-refractivity contribution in [3.63, 3.8) is 0 Å². The Kier molecular flexibility index (Phi) is 5.12. The first-order valence-electron chi connectivity index (χ1n) is 7.53. The van der Waals surface area contributed by atoms with Crippen LogP contribution in [0, 0.1) is 5.92 Å². The van der Waals surface area contributed by atoms with Crippen molar-refractivity contribution in [3.05, 3.63) is 28.7 Å². The summed E-state index contributed by atoms with van der Waals surface area (Å²) in [6, 6.07) is 7.12. The zero-order valence-electron chi connectivity index (χ0n) is 12.8.